The Morgan fingerprint density at radius 3 is 1.08 bits per heavy atom. The molecule has 0 radical (unpaired) electrons. The Bertz CT molecular complexity index is 1080. The highest BCUT2D eigenvalue weighted by atomic mass is 32.1. The lowest BCUT2D eigenvalue weighted by Crippen LogP contribution is -2.22. The molecule has 4 fully saturated rings. The number of rotatable bonds is 6. The van der Waals surface area contributed by atoms with Crippen molar-refractivity contribution in [1.29, 1.82) is 0 Å². The van der Waals surface area contributed by atoms with Gasteiger partial charge in [0.25, 0.3) is 0 Å². The summed E-state index contributed by atoms with van der Waals surface area (Å²) in [6.07, 6.45) is 26.7. The van der Waals surface area contributed by atoms with Crippen molar-refractivity contribution < 1.29 is 0 Å². The van der Waals surface area contributed by atoms with Crippen LogP contribution in [0, 0.1) is 23.7 Å². The molecule has 0 aromatic carbocycles. The average Bonchev–Trinajstić information content (AvgIpc) is 3.79. The molecule has 0 N–H and O–H groups in total. The fourth-order valence-electron chi connectivity index (χ4n) is 8.97. The molecule has 39 heavy (non-hydrogen) atoms. The Balaban J connectivity index is 0.945. The van der Waals surface area contributed by atoms with Crippen molar-refractivity contribution in [2.24, 2.45) is 23.7 Å². The van der Waals surface area contributed by atoms with E-state index >= 15 is 0 Å². The van der Waals surface area contributed by atoms with Gasteiger partial charge in [-0.05, 0) is 123 Å². The predicted octanol–water partition coefficient (Wildman–Crippen LogP) is 12.9. The Hall–Kier alpha value is -0.900. The first-order valence-electron chi connectivity index (χ1n) is 16.6. The van der Waals surface area contributed by atoms with Gasteiger partial charge < -0.3 is 0 Å². The minimum Gasteiger partial charge on any atom is -0.139 e. The van der Waals surface area contributed by atoms with Crippen LogP contribution in [0.1, 0.15) is 137 Å². The van der Waals surface area contributed by atoms with Gasteiger partial charge in [-0.25, -0.2) is 0 Å². The zero-order chi connectivity index (χ0) is 26.0. The van der Waals surface area contributed by atoms with Crippen LogP contribution in [0.3, 0.4) is 0 Å². The first kappa shape index (κ1) is 27.0. The Labute approximate surface area is 249 Å². The van der Waals surface area contributed by atoms with Gasteiger partial charge in [-0.2, -0.15) is 0 Å². The fourth-order valence-corrected chi connectivity index (χ4v) is 12.5. The average molecular weight is 577 g/mol. The third kappa shape index (κ3) is 6.17. The van der Waals surface area contributed by atoms with E-state index in [1.807, 2.05) is 11.3 Å². The molecular formula is C36H48S3. The van der Waals surface area contributed by atoms with E-state index in [0.717, 1.165) is 35.5 Å². The Morgan fingerprint density at radius 1 is 0.333 bits per heavy atom. The summed E-state index contributed by atoms with van der Waals surface area (Å²) in [5.41, 5.74) is 0. The van der Waals surface area contributed by atoms with Crippen LogP contribution in [0.25, 0.3) is 19.5 Å². The maximum absolute atomic E-state index is 2.47. The van der Waals surface area contributed by atoms with Gasteiger partial charge in [0.2, 0.25) is 0 Å². The molecule has 210 valence electrons. The molecule has 7 rings (SSSR count). The molecule has 0 atom stereocenters. The van der Waals surface area contributed by atoms with Crippen molar-refractivity contribution in [3.8, 4) is 19.5 Å². The summed E-state index contributed by atoms with van der Waals surface area (Å²) in [5.74, 6) is 5.80. The molecular weight excluding hydrogens is 529 g/mol. The highest BCUT2D eigenvalue weighted by molar-refractivity contribution is 7.26. The molecule has 0 bridgehead atoms. The van der Waals surface area contributed by atoms with Gasteiger partial charge in [-0.1, -0.05) is 64.2 Å². The van der Waals surface area contributed by atoms with E-state index in [9.17, 15) is 0 Å². The van der Waals surface area contributed by atoms with Crippen LogP contribution < -0.4 is 0 Å². The van der Waals surface area contributed by atoms with Crippen molar-refractivity contribution in [3.63, 3.8) is 0 Å². The minimum absolute atomic E-state index is 0.816. The molecule has 0 nitrogen and oxygen atoms in total. The van der Waals surface area contributed by atoms with E-state index in [0.29, 0.717) is 0 Å². The molecule has 0 spiro atoms. The summed E-state index contributed by atoms with van der Waals surface area (Å²) < 4.78 is 0. The monoisotopic (exact) mass is 576 g/mol. The molecule has 3 aromatic rings. The van der Waals surface area contributed by atoms with E-state index in [4.69, 9.17) is 0 Å². The topological polar surface area (TPSA) is 0 Å². The van der Waals surface area contributed by atoms with Gasteiger partial charge in [0.05, 0.1) is 0 Å². The lowest BCUT2D eigenvalue weighted by atomic mass is 9.71. The second-order valence-electron chi connectivity index (χ2n) is 13.6. The van der Waals surface area contributed by atoms with E-state index < -0.39 is 0 Å². The second-order valence-corrected chi connectivity index (χ2v) is 16.9. The van der Waals surface area contributed by atoms with Crippen molar-refractivity contribution in [2.75, 3.05) is 0 Å². The van der Waals surface area contributed by atoms with Crippen LogP contribution in [0.2, 0.25) is 0 Å². The van der Waals surface area contributed by atoms with Gasteiger partial charge in [0.15, 0.2) is 0 Å². The van der Waals surface area contributed by atoms with Crippen molar-refractivity contribution in [2.45, 2.75) is 127 Å². The fraction of sp³-hybridized carbons (Fsp3) is 0.667. The first-order chi connectivity index (χ1) is 19.3. The maximum atomic E-state index is 2.47. The minimum atomic E-state index is 0.816. The normalized spacial score (nSPS) is 29.5. The van der Waals surface area contributed by atoms with Gasteiger partial charge in [-0.3, -0.25) is 0 Å². The standard InChI is InChI=1S/C36H48S3/c1-3-7-25(8-4-1)27-11-15-29(16-12-27)31-19-21-33(37-31)35-23-24-36(39-35)34-22-20-32(38-34)30-17-13-28(14-18-30)26-9-5-2-6-10-26/h19-30H,1-18H2. The molecule has 0 amide bonds. The summed E-state index contributed by atoms with van der Waals surface area (Å²) in [5, 5.41) is 0. The smallest absolute Gasteiger partial charge is 0.0449 e. The molecule has 4 aliphatic carbocycles. The lowest BCUT2D eigenvalue weighted by molar-refractivity contribution is 0.186. The summed E-state index contributed by atoms with van der Waals surface area (Å²) in [7, 11) is 0. The van der Waals surface area contributed by atoms with Crippen LogP contribution >= 0.6 is 34.0 Å². The number of hydrogen-bond acceptors (Lipinski definition) is 3. The third-order valence-electron chi connectivity index (χ3n) is 11.3. The zero-order valence-corrected chi connectivity index (χ0v) is 26.3. The number of hydrogen-bond donors (Lipinski definition) is 0. The maximum Gasteiger partial charge on any atom is 0.0449 e. The molecule has 4 saturated carbocycles. The van der Waals surface area contributed by atoms with E-state index in [1.165, 1.54) is 135 Å². The molecule has 3 heterocycles. The highest BCUT2D eigenvalue weighted by Crippen LogP contribution is 2.48. The van der Waals surface area contributed by atoms with Crippen LogP contribution in [0.15, 0.2) is 36.4 Å². The van der Waals surface area contributed by atoms with Crippen LogP contribution in [0.5, 0.6) is 0 Å². The summed E-state index contributed by atoms with van der Waals surface area (Å²) in [6, 6.07) is 14.6. The van der Waals surface area contributed by atoms with Crippen LogP contribution in [-0.4, -0.2) is 0 Å². The molecule has 3 aromatic heterocycles. The zero-order valence-electron chi connectivity index (χ0n) is 23.9. The van der Waals surface area contributed by atoms with Crippen LogP contribution in [0.4, 0.5) is 0 Å². The van der Waals surface area contributed by atoms with E-state index in [-0.39, 0.29) is 0 Å². The van der Waals surface area contributed by atoms with E-state index in [2.05, 4.69) is 59.1 Å². The first-order valence-corrected chi connectivity index (χ1v) is 19.0. The van der Waals surface area contributed by atoms with Crippen LogP contribution in [-0.2, 0) is 0 Å². The second kappa shape index (κ2) is 12.5. The third-order valence-corrected chi connectivity index (χ3v) is 15.3. The molecule has 4 aliphatic rings. The summed E-state index contributed by atoms with van der Waals surface area (Å²) in [4.78, 5) is 9.25. The Kier molecular flexibility index (Phi) is 8.67. The van der Waals surface area contributed by atoms with Crippen molar-refractivity contribution in [3.05, 3.63) is 46.2 Å². The van der Waals surface area contributed by atoms with Gasteiger partial charge in [0, 0.05) is 29.3 Å². The molecule has 0 aliphatic heterocycles. The SMILES string of the molecule is c1cc(-c2ccc(C3CCC(C4CCCCC4)CC3)s2)sc1-c1ccc(C2CCC(C3CCCCC3)CC2)s1. The van der Waals surface area contributed by atoms with Crippen molar-refractivity contribution >= 4 is 34.0 Å². The molecule has 0 unspecified atom stereocenters. The number of thiophene rings is 3. The van der Waals surface area contributed by atoms with Gasteiger partial charge in [-0.15, -0.1) is 34.0 Å². The van der Waals surface area contributed by atoms with Gasteiger partial charge in [0.1, 0.15) is 0 Å². The quantitative estimate of drug-likeness (QED) is 0.274. The van der Waals surface area contributed by atoms with E-state index in [1.54, 1.807) is 9.75 Å². The summed E-state index contributed by atoms with van der Waals surface area (Å²) >= 11 is 6.20. The Morgan fingerprint density at radius 2 is 0.667 bits per heavy atom. The molecule has 3 heteroatoms. The predicted molar refractivity (Wildman–Crippen MR) is 173 cm³/mol. The molecule has 0 saturated heterocycles. The summed E-state index contributed by atoms with van der Waals surface area (Å²) in [6.45, 7) is 0. The largest absolute Gasteiger partial charge is 0.139 e. The van der Waals surface area contributed by atoms with Gasteiger partial charge >= 0.3 is 0 Å². The highest BCUT2D eigenvalue weighted by Gasteiger charge is 2.31. The van der Waals surface area contributed by atoms with Crippen molar-refractivity contribution in [1.82, 2.24) is 0 Å². The lowest BCUT2D eigenvalue weighted by Gasteiger charge is -2.35.